The standard InChI is InChI=1S/C16H10BrClN2O2S/c17-10-5-6-14(21)9(7-10)8-12-15(22)20(16(23)19-12)13-4-2-1-3-11(13)18/h1-8,21H,(H,19,23)/b12-8-. The van der Waals surface area contributed by atoms with E-state index in [4.69, 9.17) is 23.8 Å². The molecule has 1 heterocycles. The van der Waals surface area contributed by atoms with Crippen molar-refractivity contribution in [3.05, 3.63) is 63.2 Å². The van der Waals surface area contributed by atoms with Crippen molar-refractivity contribution < 1.29 is 9.90 Å². The molecule has 0 spiro atoms. The Balaban J connectivity index is 2.00. The second kappa shape index (κ2) is 6.31. The lowest BCUT2D eigenvalue weighted by molar-refractivity contribution is -0.113. The zero-order chi connectivity index (χ0) is 16.6. The summed E-state index contributed by atoms with van der Waals surface area (Å²) in [6.45, 7) is 0. The number of halogens is 2. The molecule has 2 aromatic rings. The van der Waals surface area contributed by atoms with E-state index < -0.39 is 0 Å². The SMILES string of the molecule is O=C1/C(=C/c2cc(Br)ccc2O)NC(=S)N1c1ccccc1Cl. The Morgan fingerprint density at radius 3 is 2.74 bits per heavy atom. The number of carbonyl (C=O) groups excluding carboxylic acids is 1. The lowest BCUT2D eigenvalue weighted by atomic mass is 10.1. The molecular weight excluding hydrogens is 400 g/mol. The van der Waals surface area contributed by atoms with Crippen LogP contribution in [0.15, 0.2) is 52.6 Å². The highest BCUT2D eigenvalue weighted by Crippen LogP contribution is 2.30. The fourth-order valence-electron chi connectivity index (χ4n) is 2.18. The molecule has 0 radical (unpaired) electrons. The van der Waals surface area contributed by atoms with Crippen molar-refractivity contribution >= 4 is 62.5 Å². The van der Waals surface area contributed by atoms with Gasteiger partial charge in [-0.25, -0.2) is 0 Å². The van der Waals surface area contributed by atoms with Crippen molar-refractivity contribution in [1.82, 2.24) is 5.32 Å². The number of para-hydroxylation sites is 1. The fourth-order valence-corrected chi connectivity index (χ4v) is 3.07. The van der Waals surface area contributed by atoms with Gasteiger partial charge < -0.3 is 10.4 Å². The first-order valence-corrected chi connectivity index (χ1v) is 8.15. The average Bonchev–Trinajstić information content (AvgIpc) is 2.78. The number of hydrogen-bond acceptors (Lipinski definition) is 3. The monoisotopic (exact) mass is 408 g/mol. The van der Waals surface area contributed by atoms with E-state index in [2.05, 4.69) is 21.2 Å². The molecule has 116 valence electrons. The largest absolute Gasteiger partial charge is 0.507 e. The average molecular weight is 410 g/mol. The third-order valence-corrected chi connectivity index (χ3v) is 4.36. The molecule has 0 bridgehead atoms. The predicted octanol–water partition coefficient (Wildman–Crippen LogP) is 4.07. The molecule has 1 amide bonds. The molecule has 0 aromatic heterocycles. The van der Waals surface area contributed by atoms with Gasteiger partial charge in [-0.1, -0.05) is 39.7 Å². The number of hydrogen-bond donors (Lipinski definition) is 2. The van der Waals surface area contributed by atoms with Gasteiger partial charge in [0.1, 0.15) is 11.4 Å². The Morgan fingerprint density at radius 1 is 1.26 bits per heavy atom. The highest BCUT2D eigenvalue weighted by atomic mass is 79.9. The number of rotatable bonds is 2. The van der Waals surface area contributed by atoms with Crippen LogP contribution in [-0.4, -0.2) is 16.1 Å². The maximum Gasteiger partial charge on any atom is 0.281 e. The van der Waals surface area contributed by atoms with E-state index in [0.29, 0.717) is 16.3 Å². The molecule has 23 heavy (non-hydrogen) atoms. The third kappa shape index (κ3) is 3.10. The number of thiocarbonyl (C=S) groups is 1. The Labute approximate surface area is 151 Å². The Kier molecular flexibility index (Phi) is 4.39. The molecule has 3 rings (SSSR count). The van der Waals surface area contributed by atoms with Crippen LogP contribution in [0.5, 0.6) is 5.75 Å². The van der Waals surface area contributed by atoms with E-state index in [1.807, 2.05) is 0 Å². The Hall–Kier alpha value is -1.89. The first-order valence-electron chi connectivity index (χ1n) is 6.57. The first kappa shape index (κ1) is 16.0. The quantitative estimate of drug-likeness (QED) is 0.580. The topological polar surface area (TPSA) is 52.6 Å². The first-order chi connectivity index (χ1) is 11.0. The molecule has 1 saturated heterocycles. The second-order valence-corrected chi connectivity index (χ2v) is 6.49. The van der Waals surface area contributed by atoms with E-state index in [1.165, 1.54) is 4.90 Å². The number of phenolic OH excluding ortho intramolecular Hbond substituents is 1. The van der Waals surface area contributed by atoms with E-state index in [1.54, 1.807) is 48.5 Å². The van der Waals surface area contributed by atoms with E-state index in [-0.39, 0.29) is 22.5 Å². The minimum absolute atomic E-state index is 0.0670. The number of carbonyl (C=O) groups is 1. The molecule has 2 aromatic carbocycles. The highest BCUT2D eigenvalue weighted by molar-refractivity contribution is 9.10. The summed E-state index contributed by atoms with van der Waals surface area (Å²) in [6, 6.07) is 11.9. The van der Waals surface area contributed by atoms with Crippen LogP contribution < -0.4 is 10.2 Å². The lowest BCUT2D eigenvalue weighted by Gasteiger charge is -2.15. The van der Waals surface area contributed by atoms with Gasteiger partial charge in [0.15, 0.2) is 5.11 Å². The van der Waals surface area contributed by atoms with Gasteiger partial charge in [0, 0.05) is 10.0 Å². The molecule has 4 nitrogen and oxygen atoms in total. The fraction of sp³-hybridized carbons (Fsp3) is 0. The maximum atomic E-state index is 12.6. The van der Waals surface area contributed by atoms with Crippen LogP contribution in [0.3, 0.4) is 0 Å². The van der Waals surface area contributed by atoms with Crippen molar-refractivity contribution in [2.75, 3.05) is 4.90 Å². The number of phenols is 1. The van der Waals surface area contributed by atoms with Gasteiger partial charge in [0.25, 0.3) is 5.91 Å². The van der Waals surface area contributed by atoms with Gasteiger partial charge in [-0.15, -0.1) is 0 Å². The summed E-state index contributed by atoms with van der Waals surface area (Å²) in [7, 11) is 0. The molecule has 1 fully saturated rings. The van der Waals surface area contributed by atoms with Gasteiger partial charge in [-0.05, 0) is 48.6 Å². The minimum Gasteiger partial charge on any atom is -0.507 e. The number of nitrogens with one attached hydrogen (secondary N) is 1. The van der Waals surface area contributed by atoms with Crippen LogP contribution in [0, 0.1) is 0 Å². The van der Waals surface area contributed by atoms with Crippen molar-refractivity contribution in [3.8, 4) is 5.75 Å². The van der Waals surface area contributed by atoms with Crippen LogP contribution in [-0.2, 0) is 4.79 Å². The van der Waals surface area contributed by atoms with Crippen molar-refractivity contribution in [2.24, 2.45) is 0 Å². The molecule has 1 aliphatic heterocycles. The number of anilines is 1. The Bertz CT molecular complexity index is 854. The molecule has 0 saturated carbocycles. The van der Waals surface area contributed by atoms with Crippen LogP contribution in [0.1, 0.15) is 5.56 Å². The smallest absolute Gasteiger partial charge is 0.281 e. The van der Waals surface area contributed by atoms with Crippen molar-refractivity contribution in [2.45, 2.75) is 0 Å². The van der Waals surface area contributed by atoms with Gasteiger partial charge in [-0.2, -0.15) is 0 Å². The minimum atomic E-state index is -0.331. The molecule has 0 aliphatic carbocycles. The maximum absolute atomic E-state index is 12.6. The molecule has 2 N–H and O–H groups in total. The predicted molar refractivity (Wildman–Crippen MR) is 98.5 cm³/mol. The molecule has 0 atom stereocenters. The summed E-state index contributed by atoms with van der Waals surface area (Å²) in [4.78, 5) is 14.0. The van der Waals surface area contributed by atoms with Crippen LogP contribution in [0.4, 0.5) is 5.69 Å². The molecule has 0 unspecified atom stereocenters. The van der Waals surface area contributed by atoms with Crippen LogP contribution in [0.2, 0.25) is 5.02 Å². The van der Waals surface area contributed by atoms with E-state index in [9.17, 15) is 9.90 Å². The summed E-state index contributed by atoms with van der Waals surface area (Å²) in [5.74, 6) is -0.264. The van der Waals surface area contributed by atoms with E-state index in [0.717, 1.165) is 4.47 Å². The summed E-state index contributed by atoms with van der Waals surface area (Å²) in [6.07, 6.45) is 1.55. The number of nitrogens with zero attached hydrogens (tertiary/aromatic N) is 1. The zero-order valence-corrected chi connectivity index (χ0v) is 14.7. The number of benzene rings is 2. The summed E-state index contributed by atoms with van der Waals surface area (Å²) in [5.41, 5.74) is 1.28. The zero-order valence-electron chi connectivity index (χ0n) is 11.6. The Morgan fingerprint density at radius 2 is 2.00 bits per heavy atom. The van der Waals surface area contributed by atoms with Crippen LogP contribution in [0.25, 0.3) is 6.08 Å². The van der Waals surface area contributed by atoms with Gasteiger partial charge >= 0.3 is 0 Å². The summed E-state index contributed by atoms with van der Waals surface area (Å²) >= 11 is 14.7. The third-order valence-electron chi connectivity index (χ3n) is 3.26. The summed E-state index contributed by atoms with van der Waals surface area (Å²) in [5, 5.41) is 13.4. The van der Waals surface area contributed by atoms with Crippen molar-refractivity contribution in [3.63, 3.8) is 0 Å². The number of amides is 1. The van der Waals surface area contributed by atoms with Crippen molar-refractivity contribution in [1.29, 1.82) is 0 Å². The second-order valence-electron chi connectivity index (χ2n) is 4.78. The van der Waals surface area contributed by atoms with Gasteiger partial charge in [-0.3, -0.25) is 9.69 Å². The van der Waals surface area contributed by atoms with Crippen LogP contribution >= 0.6 is 39.7 Å². The number of aromatic hydroxyl groups is 1. The van der Waals surface area contributed by atoms with Gasteiger partial charge in [0.2, 0.25) is 0 Å². The molecule has 1 aliphatic rings. The van der Waals surface area contributed by atoms with Gasteiger partial charge in [0.05, 0.1) is 10.7 Å². The normalized spacial score (nSPS) is 16.1. The lowest BCUT2D eigenvalue weighted by Crippen LogP contribution is -2.30. The molecule has 7 heteroatoms. The van der Waals surface area contributed by atoms with E-state index >= 15 is 0 Å². The molecular formula is C16H10BrClN2O2S. The summed E-state index contributed by atoms with van der Waals surface area (Å²) < 4.78 is 0.790. The highest BCUT2D eigenvalue weighted by Gasteiger charge is 2.33.